The minimum Gasteiger partial charge on any atom is -0.496 e. The van der Waals surface area contributed by atoms with E-state index < -0.39 is 22.0 Å². The standard InChI is InChI=1S/C22H29ClN2O5S/c1-7-19(16-8-10-20(29-4)14(2)12-16)24-22(26)15(3)25(31(6,27)28)17-9-11-21(30-5)18(23)13-17/h8-13,15,19H,7H2,1-6H3,(H,24,26)/t15-,19+/m1/s1. The Morgan fingerprint density at radius 2 is 1.74 bits per heavy atom. The highest BCUT2D eigenvalue weighted by molar-refractivity contribution is 7.92. The van der Waals surface area contributed by atoms with Gasteiger partial charge in [0, 0.05) is 0 Å². The van der Waals surface area contributed by atoms with Crippen LogP contribution < -0.4 is 19.1 Å². The molecule has 0 heterocycles. The summed E-state index contributed by atoms with van der Waals surface area (Å²) in [6, 6.07) is 9.02. The van der Waals surface area contributed by atoms with Gasteiger partial charge in [-0.1, -0.05) is 30.7 Å². The van der Waals surface area contributed by atoms with Crippen molar-refractivity contribution >= 4 is 33.2 Å². The van der Waals surface area contributed by atoms with Crippen LogP contribution in [-0.4, -0.2) is 40.8 Å². The smallest absolute Gasteiger partial charge is 0.244 e. The van der Waals surface area contributed by atoms with Gasteiger partial charge in [0.2, 0.25) is 15.9 Å². The second-order valence-electron chi connectivity index (χ2n) is 7.25. The first-order valence-corrected chi connectivity index (χ1v) is 12.0. The van der Waals surface area contributed by atoms with Crippen LogP contribution in [0.2, 0.25) is 5.02 Å². The van der Waals surface area contributed by atoms with Crippen molar-refractivity contribution in [1.29, 1.82) is 0 Å². The Kier molecular flexibility index (Phi) is 8.20. The largest absolute Gasteiger partial charge is 0.496 e. The van der Waals surface area contributed by atoms with Gasteiger partial charge in [-0.05, 0) is 55.7 Å². The zero-order chi connectivity index (χ0) is 23.3. The molecule has 0 radical (unpaired) electrons. The highest BCUT2D eigenvalue weighted by Gasteiger charge is 2.30. The van der Waals surface area contributed by atoms with Gasteiger partial charge in [-0.15, -0.1) is 0 Å². The number of carbonyl (C=O) groups is 1. The number of ether oxygens (including phenoxy) is 2. The molecule has 170 valence electrons. The normalized spacial score (nSPS) is 13.3. The number of halogens is 1. The fourth-order valence-corrected chi connectivity index (χ4v) is 4.85. The lowest BCUT2D eigenvalue weighted by atomic mass is 10.0. The maximum Gasteiger partial charge on any atom is 0.244 e. The highest BCUT2D eigenvalue weighted by atomic mass is 35.5. The van der Waals surface area contributed by atoms with E-state index in [4.69, 9.17) is 21.1 Å². The number of carbonyl (C=O) groups excluding carboxylic acids is 1. The molecular formula is C22H29ClN2O5S. The van der Waals surface area contributed by atoms with Crippen LogP contribution in [-0.2, 0) is 14.8 Å². The van der Waals surface area contributed by atoms with E-state index in [-0.39, 0.29) is 16.8 Å². The molecule has 9 heteroatoms. The third kappa shape index (κ3) is 5.83. The molecule has 0 saturated heterocycles. The molecule has 0 aromatic heterocycles. The van der Waals surface area contributed by atoms with Gasteiger partial charge in [0.1, 0.15) is 17.5 Å². The first kappa shape index (κ1) is 24.8. The molecule has 31 heavy (non-hydrogen) atoms. The van der Waals surface area contributed by atoms with Crippen molar-refractivity contribution in [2.75, 3.05) is 24.8 Å². The SMILES string of the molecule is CC[C@H](NC(=O)[C@@H](C)N(c1ccc(OC)c(Cl)c1)S(C)(=O)=O)c1ccc(OC)c(C)c1. The predicted octanol–water partition coefficient (Wildman–Crippen LogP) is 4.09. The van der Waals surface area contributed by atoms with Crippen LogP contribution in [0.3, 0.4) is 0 Å². The fourth-order valence-electron chi connectivity index (χ4n) is 3.43. The summed E-state index contributed by atoms with van der Waals surface area (Å²) < 4.78 is 36.6. The Bertz CT molecular complexity index is 1040. The van der Waals surface area contributed by atoms with E-state index in [1.54, 1.807) is 26.2 Å². The summed E-state index contributed by atoms with van der Waals surface area (Å²) in [5, 5.41) is 3.21. The topological polar surface area (TPSA) is 84.9 Å². The molecule has 7 nitrogen and oxygen atoms in total. The van der Waals surface area contributed by atoms with Gasteiger partial charge in [0.15, 0.2) is 0 Å². The Morgan fingerprint density at radius 1 is 1.13 bits per heavy atom. The number of methoxy groups -OCH3 is 2. The molecule has 0 aliphatic heterocycles. The highest BCUT2D eigenvalue weighted by Crippen LogP contribution is 2.31. The van der Waals surface area contributed by atoms with Gasteiger partial charge in [0.05, 0.1) is 37.2 Å². The molecule has 2 aromatic rings. The maximum absolute atomic E-state index is 13.1. The van der Waals surface area contributed by atoms with Gasteiger partial charge in [-0.2, -0.15) is 0 Å². The van der Waals surface area contributed by atoms with Crippen molar-refractivity contribution in [3.8, 4) is 11.5 Å². The number of rotatable bonds is 9. The van der Waals surface area contributed by atoms with Crippen LogP contribution in [0.15, 0.2) is 36.4 Å². The van der Waals surface area contributed by atoms with E-state index in [2.05, 4.69) is 5.32 Å². The summed E-state index contributed by atoms with van der Waals surface area (Å²) in [6.45, 7) is 5.42. The van der Waals surface area contributed by atoms with Gasteiger partial charge >= 0.3 is 0 Å². The van der Waals surface area contributed by atoms with Crippen LogP contribution in [0, 0.1) is 6.92 Å². The summed E-state index contributed by atoms with van der Waals surface area (Å²) in [5.74, 6) is 0.757. The number of nitrogens with zero attached hydrogens (tertiary/aromatic N) is 1. The molecule has 0 fully saturated rings. The summed E-state index contributed by atoms with van der Waals surface area (Å²) in [7, 11) is -0.690. The third-order valence-corrected chi connectivity index (χ3v) is 6.56. The first-order valence-electron chi connectivity index (χ1n) is 9.81. The first-order chi connectivity index (χ1) is 14.5. The summed E-state index contributed by atoms with van der Waals surface area (Å²) >= 11 is 6.18. The van der Waals surface area contributed by atoms with Crippen LogP contribution in [0.4, 0.5) is 5.69 Å². The molecule has 0 aliphatic rings. The number of benzene rings is 2. The molecule has 0 unspecified atom stereocenters. The molecule has 0 aliphatic carbocycles. The maximum atomic E-state index is 13.1. The molecule has 1 amide bonds. The average molecular weight is 469 g/mol. The van der Waals surface area contributed by atoms with E-state index in [9.17, 15) is 13.2 Å². The molecule has 2 atom stereocenters. The van der Waals surface area contributed by atoms with Crippen LogP contribution in [0.25, 0.3) is 0 Å². The van der Waals surface area contributed by atoms with E-state index >= 15 is 0 Å². The quantitative estimate of drug-likeness (QED) is 0.599. The second-order valence-corrected chi connectivity index (χ2v) is 9.52. The van der Waals surface area contributed by atoms with Crippen molar-refractivity contribution in [3.05, 3.63) is 52.5 Å². The number of hydrogen-bond donors (Lipinski definition) is 1. The number of aryl methyl sites for hydroxylation is 1. The van der Waals surface area contributed by atoms with Crippen LogP contribution in [0.1, 0.15) is 37.4 Å². The monoisotopic (exact) mass is 468 g/mol. The number of sulfonamides is 1. The Labute approximate surface area is 189 Å². The van der Waals surface area contributed by atoms with Crippen LogP contribution in [0.5, 0.6) is 11.5 Å². The average Bonchev–Trinajstić information content (AvgIpc) is 2.70. The van der Waals surface area contributed by atoms with E-state index in [1.165, 1.54) is 13.2 Å². The van der Waals surface area contributed by atoms with Crippen molar-refractivity contribution in [2.45, 2.75) is 39.3 Å². The van der Waals surface area contributed by atoms with Crippen molar-refractivity contribution < 1.29 is 22.7 Å². The van der Waals surface area contributed by atoms with Gasteiger partial charge < -0.3 is 14.8 Å². The van der Waals surface area contributed by atoms with Crippen LogP contribution >= 0.6 is 11.6 Å². The number of hydrogen-bond acceptors (Lipinski definition) is 5. The van der Waals surface area contributed by atoms with Gasteiger partial charge in [-0.3, -0.25) is 9.10 Å². The fraction of sp³-hybridized carbons (Fsp3) is 0.409. The molecule has 1 N–H and O–H groups in total. The number of amides is 1. The Hall–Kier alpha value is -2.45. The second kappa shape index (κ2) is 10.2. The Morgan fingerprint density at radius 3 is 2.23 bits per heavy atom. The lowest BCUT2D eigenvalue weighted by Crippen LogP contribution is -2.48. The lowest BCUT2D eigenvalue weighted by Gasteiger charge is -2.30. The zero-order valence-corrected chi connectivity index (χ0v) is 20.2. The van der Waals surface area contributed by atoms with Gasteiger partial charge in [-0.25, -0.2) is 8.42 Å². The third-order valence-electron chi connectivity index (χ3n) is 5.02. The molecule has 0 bridgehead atoms. The van der Waals surface area contributed by atoms with Crippen molar-refractivity contribution in [2.24, 2.45) is 0 Å². The van der Waals surface area contributed by atoms with E-state index in [1.807, 2.05) is 32.0 Å². The lowest BCUT2D eigenvalue weighted by molar-refractivity contribution is -0.122. The summed E-state index contributed by atoms with van der Waals surface area (Å²) in [4.78, 5) is 13.1. The molecule has 2 aromatic carbocycles. The van der Waals surface area contributed by atoms with E-state index in [0.717, 1.165) is 27.4 Å². The minimum absolute atomic E-state index is 0.251. The summed E-state index contributed by atoms with van der Waals surface area (Å²) in [5.41, 5.74) is 2.15. The molecule has 0 saturated carbocycles. The van der Waals surface area contributed by atoms with E-state index in [0.29, 0.717) is 12.2 Å². The molecule has 0 spiro atoms. The van der Waals surface area contributed by atoms with Crippen molar-refractivity contribution in [3.63, 3.8) is 0 Å². The summed E-state index contributed by atoms with van der Waals surface area (Å²) in [6.07, 6.45) is 1.69. The predicted molar refractivity (Wildman–Crippen MR) is 124 cm³/mol. The molecular weight excluding hydrogens is 440 g/mol. The van der Waals surface area contributed by atoms with Crippen molar-refractivity contribution in [1.82, 2.24) is 5.32 Å². The number of anilines is 1. The van der Waals surface area contributed by atoms with Gasteiger partial charge in [0.25, 0.3) is 0 Å². The minimum atomic E-state index is -3.76. The molecule has 2 rings (SSSR count). The zero-order valence-electron chi connectivity index (χ0n) is 18.6. The Balaban J connectivity index is 2.32. The number of nitrogens with one attached hydrogen (secondary N) is 1.